The summed E-state index contributed by atoms with van der Waals surface area (Å²) in [6.45, 7) is 7.64. The molecule has 0 unspecified atom stereocenters. The molecular formula is C26H34N6O3. The van der Waals surface area contributed by atoms with Gasteiger partial charge in [-0.3, -0.25) is 0 Å². The van der Waals surface area contributed by atoms with E-state index in [1.807, 2.05) is 52.1 Å². The zero-order valence-corrected chi connectivity index (χ0v) is 21.0. The number of benzene rings is 1. The van der Waals surface area contributed by atoms with E-state index >= 15 is 0 Å². The van der Waals surface area contributed by atoms with Crippen molar-refractivity contribution in [3.8, 4) is 17.0 Å². The van der Waals surface area contributed by atoms with Crippen LogP contribution in [-0.2, 0) is 4.74 Å². The van der Waals surface area contributed by atoms with Gasteiger partial charge in [-0.05, 0) is 82.7 Å². The Morgan fingerprint density at radius 3 is 2.40 bits per heavy atom. The van der Waals surface area contributed by atoms with E-state index in [0.29, 0.717) is 17.6 Å². The molecule has 186 valence electrons. The molecule has 1 fully saturated rings. The number of methoxy groups -OCH3 is 1. The van der Waals surface area contributed by atoms with Crippen LogP contribution in [0.4, 0.5) is 16.6 Å². The fourth-order valence-corrected chi connectivity index (χ4v) is 4.46. The van der Waals surface area contributed by atoms with Crippen molar-refractivity contribution in [1.29, 1.82) is 0 Å². The van der Waals surface area contributed by atoms with Crippen molar-refractivity contribution in [2.24, 2.45) is 0 Å². The third-order valence-electron chi connectivity index (χ3n) is 6.18. The van der Waals surface area contributed by atoms with E-state index in [1.54, 1.807) is 13.2 Å². The van der Waals surface area contributed by atoms with Gasteiger partial charge in [-0.15, -0.1) is 0 Å². The molecule has 4 N–H and O–H groups in total. The molecule has 0 saturated heterocycles. The molecule has 0 radical (unpaired) electrons. The highest BCUT2D eigenvalue weighted by Gasteiger charge is 2.25. The zero-order chi connectivity index (χ0) is 25.2. The maximum Gasteiger partial charge on any atom is 0.407 e. The van der Waals surface area contributed by atoms with E-state index < -0.39 is 5.60 Å². The van der Waals surface area contributed by atoms with Crippen LogP contribution in [0.2, 0.25) is 0 Å². The molecule has 9 nitrogen and oxygen atoms in total. The van der Waals surface area contributed by atoms with Crippen molar-refractivity contribution in [2.45, 2.75) is 71.1 Å². The minimum absolute atomic E-state index is 0.126. The Hall–Kier alpha value is -3.62. The first-order chi connectivity index (χ1) is 16.6. The number of rotatable bonds is 5. The molecule has 1 aliphatic carbocycles. The number of hydrogen-bond acceptors (Lipinski definition) is 8. The zero-order valence-electron chi connectivity index (χ0n) is 21.0. The van der Waals surface area contributed by atoms with Gasteiger partial charge in [-0.1, -0.05) is 6.07 Å². The van der Waals surface area contributed by atoms with Crippen molar-refractivity contribution < 1.29 is 14.3 Å². The van der Waals surface area contributed by atoms with Crippen LogP contribution in [0.5, 0.6) is 5.88 Å². The summed E-state index contributed by atoms with van der Waals surface area (Å²) < 4.78 is 10.8. The molecule has 2 aromatic heterocycles. The van der Waals surface area contributed by atoms with Crippen LogP contribution in [-0.4, -0.2) is 45.8 Å². The smallest absolute Gasteiger partial charge is 0.407 e. The fraction of sp³-hybridized carbons (Fsp3) is 0.462. The minimum Gasteiger partial charge on any atom is -0.480 e. The van der Waals surface area contributed by atoms with Crippen LogP contribution >= 0.6 is 0 Å². The number of ether oxygens (including phenoxy) is 2. The first-order valence-electron chi connectivity index (χ1n) is 12.0. The van der Waals surface area contributed by atoms with Gasteiger partial charge >= 0.3 is 6.09 Å². The Balaban J connectivity index is 1.42. The molecule has 2 heterocycles. The summed E-state index contributed by atoms with van der Waals surface area (Å²) in [6.07, 6.45) is 5.10. The lowest BCUT2D eigenvalue weighted by Gasteiger charge is -2.30. The molecule has 3 aromatic rings. The maximum absolute atomic E-state index is 12.0. The molecule has 35 heavy (non-hydrogen) atoms. The first-order valence-corrected chi connectivity index (χ1v) is 12.0. The van der Waals surface area contributed by atoms with Gasteiger partial charge in [0.25, 0.3) is 0 Å². The summed E-state index contributed by atoms with van der Waals surface area (Å²) in [5.41, 5.74) is 9.11. The third kappa shape index (κ3) is 5.90. The molecule has 0 atom stereocenters. The summed E-state index contributed by atoms with van der Waals surface area (Å²) in [5, 5.41) is 7.41. The number of carbonyl (C=O) groups excluding carboxylic acids is 1. The normalized spacial score (nSPS) is 18.2. The molecule has 4 rings (SSSR count). The molecule has 1 amide bonds. The van der Waals surface area contributed by atoms with Crippen molar-refractivity contribution >= 4 is 28.8 Å². The molecular weight excluding hydrogens is 444 g/mol. The first kappa shape index (κ1) is 24.5. The summed E-state index contributed by atoms with van der Waals surface area (Å²) in [5.74, 6) is 1.51. The van der Waals surface area contributed by atoms with Crippen LogP contribution in [0.3, 0.4) is 0 Å². The van der Waals surface area contributed by atoms with Crippen LogP contribution < -0.4 is 21.1 Å². The average Bonchev–Trinajstić information content (AvgIpc) is 2.79. The molecule has 0 aliphatic heterocycles. The van der Waals surface area contributed by atoms with E-state index in [9.17, 15) is 4.79 Å². The Morgan fingerprint density at radius 1 is 1.03 bits per heavy atom. The van der Waals surface area contributed by atoms with E-state index in [2.05, 4.69) is 20.6 Å². The average molecular weight is 479 g/mol. The lowest BCUT2D eigenvalue weighted by Crippen LogP contribution is -2.42. The number of alkyl carbamates (subject to hydrolysis) is 1. The molecule has 9 heteroatoms. The highest BCUT2D eigenvalue weighted by molar-refractivity contribution is 5.90. The van der Waals surface area contributed by atoms with E-state index in [0.717, 1.165) is 53.3 Å². The number of nitrogens with two attached hydrogens (primary N) is 1. The number of anilines is 2. The van der Waals surface area contributed by atoms with Gasteiger partial charge in [0.1, 0.15) is 11.4 Å². The second-order valence-electron chi connectivity index (χ2n) is 10.00. The number of fused-ring (bicyclic) bond motifs is 1. The van der Waals surface area contributed by atoms with Crippen LogP contribution in [0.25, 0.3) is 22.0 Å². The van der Waals surface area contributed by atoms with Crippen LogP contribution in [0.1, 0.15) is 52.0 Å². The Bertz CT molecular complexity index is 1220. The van der Waals surface area contributed by atoms with E-state index in [4.69, 9.17) is 20.2 Å². The van der Waals surface area contributed by atoms with Gasteiger partial charge in [0.15, 0.2) is 0 Å². The van der Waals surface area contributed by atoms with Gasteiger partial charge in [0.05, 0.1) is 12.6 Å². The maximum atomic E-state index is 12.0. The summed E-state index contributed by atoms with van der Waals surface area (Å²) in [7, 11) is 1.59. The van der Waals surface area contributed by atoms with Crippen molar-refractivity contribution in [1.82, 2.24) is 20.3 Å². The number of carbonyl (C=O) groups is 1. The number of aromatic nitrogens is 3. The number of hydrogen-bond donors (Lipinski definition) is 3. The highest BCUT2D eigenvalue weighted by Crippen LogP contribution is 2.34. The van der Waals surface area contributed by atoms with Gasteiger partial charge in [0.2, 0.25) is 11.8 Å². The lowest BCUT2D eigenvalue weighted by atomic mass is 9.91. The predicted molar refractivity (Wildman–Crippen MR) is 138 cm³/mol. The van der Waals surface area contributed by atoms with Crippen LogP contribution in [0, 0.1) is 6.92 Å². The number of nitrogens with one attached hydrogen (secondary N) is 2. The fourth-order valence-electron chi connectivity index (χ4n) is 4.46. The van der Waals surface area contributed by atoms with Gasteiger partial charge in [0, 0.05) is 29.2 Å². The Kier molecular flexibility index (Phi) is 6.95. The Labute approximate surface area is 205 Å². The van der Waals surface area contributed by atoms with Gasteiger partial charge < -0.3 is 25.8 Å². The number of pyridine rings is 1. The standard InChI is InChI=1S/C26H34N6O3/c1-15-18(19-11-13-22(27)32-23(19)34-5)10-12-21-20(15)14-28-24(31-21)29-16-6-8-17(9-7-16)30-25(33)35-26(2,3)4/h10-14,16-17H,6-9H2,1-5H3,(H2,27,32)(H,30,33)(H,28,29,31)/t16-,17-. The number of aryl methyl sites for hydroxylation is 1. The van der Waals surface area contributed by atoms with Crippen molar-refractivity contribution in [3.63, 3.8) is 0 Å². The third-order valence-corrected chi connectivity index (χ3v) is 6.18. The topological polar surface area (TPSA) is 124 Å². The Morgan fingerprint density at radius 2 is 1.71 bits per heavy atom. The van der Waals surface area contributed by atoms with Gasteiger partial charge in [-0.2, -0.15) is 4.98 Å². The second kappa shape index (κ2) is 9.93. The summed E-state index contributed by atoms with van der Waals surface area (Å²) >= 11 is 0. The lowest BCUT2D eigenvalue weighted by molar-refractivity contribution is 0.0492. The van der Waals surface area contributed by atoms with Gasteiger partial charge in [-0.25, -0.2) is 14.8 Å². The number of nitrogens with zero attached hydrogens (tertiary/aromatic N) is 3. The monoisotopic (exact) mass is 478 g/mol. The quantitative estimate of drug-likeness (QED) is 0.476. The van der Waals surface area contributed by atoms with E-state index in [-0.39, 0.29) is 18.2 Å². The van der Waals surface area contributed by atoms with Crippen LogP contribution in [0.15, 0.2) is 30.5 Å². The highest BCUT2D eigenvalue weighted by atomic mass is 16.6. The molecule has 1 saturated carbocycles. The largest absolute Gasteiger partial charge is 0.480 e. The summed E-state index contributed by atoms with van der Waals surface area (Å²) in [4.78, 5) is 25.7. The SMILES string of the molecule is COc1nc(N)ccc1-c1ccc2nc(N[C@H]3CC[C@H](NC(=O)OC(C)(C)C)CC3)ncc2c1C. The van der Waals surface area contributed by atoms with Crippen molar-refractivity contribution in [3.05, 3.63) is 36.0 Å². The number of amides is 1. The van der Waals surface area contributed by atoms with E-state index in [1.165, 1.54) is 0 Å². The van der Waals surface area contributed by atoms with Crippen molar-refractivity contribution in [2.75, 3.05) is 18.2 Å². The molecule has 0 bridgehead atoms. The predicted octanol–water partition coefficient (Wildman–Crippen LogP) is 4.84. The summed E-state index contributed by atoms with van der Waals surface area (Å²) in [6, 6.07) is 8.08. The second-order valence-corrected chi connectivity index (χ2v) is 10.00. The molecule has 0 spiro atoms. The minimum atomic E-state index is -0.493. The molecule has 1 aliphatic rings. The molecule has 1 aromatic carbocycles. The number of nitrogen functional groups attached to an aromatic ring is 1.